The Morgan fingerprint density at radius 3 is 2.71 bits per heavy atom. The van der Waals surface area contributed by atoms with Crippen LogP contribution in [0.4, 0.5) is 5.69 Å². The molecule has 3 rings (SSSR count). The molecule has 128 valence electrons. The summed E-state index contributed by atoms with van der Waals surface area (Å²) in [6.07, 6.45) is 2.17. The number of hydrogen-bond acceptors (Lipinski definition) is 4. The summed E-state index contributed by atoms with van der Waals surface area (Å²) < 4.78 is 5.25. The number of halogens is 1. The molecule has 24 heavy (non-hydrogen) atoms. The van der Waals surface area contributed by atoms with Crippen molar-refractivity contribution in [3.63, 3.8) is 0 Å². The summed E-state index contributed by atoms with van der Waals surface area (Å²) in [6, 6.07) is 11.6. The Kier molecular flexibility index (Phi) is 5.77. The second kappa shape index (κ2) is 8.22. The Labute approximate surface area is 147 Å². The Hall–Kier alpha value is -1.98. The predicted octanol–water partition coefficient (Wildman–Crippen LogP) is 2.76. The molecule has 0 unspecified atom stereocenters. The van der Waals surface area contributed by atoms with Gasteiger partial charge in [-0.3, -0.25) is 4.79 Å². The van der Waals surface area contributed by atoms with Gasteiger partial charge >= 0.3 is 0 Å². The van der Waals surface area contributed by atoms with E-state index in [0.717, 1.165) is 42.6 Å². The van der Waals surface area contributed by atoms with E-state index in [9.17, 15) is 4.79 Å². The lowest BCUT2D eigenvalue weighted by Gasteiger charge is -2.36. The predicted molar refractivity (Wildman–Crippen MR) is 95.3 cm³/mol. The van der Waals surface area contributed by atoms with E-state index in [4.69, 9.17) is 16.0 Å². The number of nitrogens with zero attached hydrogens (tertiary/aromatic N) is 2. The number of carbonyl (C=O) groups is 1. The van der Waals surface area contributed by atoms with E-state index >= 15 is 0 Å². The zero-order valence-electron chi connectivity index (χ0n) is 13.6. The minimum absolute atomic E-state index is 0.202. The van der Waals surface area contributed by atoms with Crippen LogP contribution in [0.1, 0.15) is 12.2 Å². The van der Waals surface area contributed by atoms with Crippen LogP contribution >= 0.6 is 11.6 Å². The van der Waals surface area contributed by atoms with Crippen molar-refractivity contribution in [1.82, 2.24) is 10.2 Å². The minimum atomic E-state index is 0.202. The maximum absolute atomic E-state index is 12.3. The van der Waals surface area contributed by atoms with Crippen LogP contribution in [0.25, 0.3) is 0 Å². The molecule has 1 saturated heterocycles. The topological polar surface area (TPSA) is 48.7 Å². The van der Waals surface area contributed by atoms with E-state index in [2.05, 4.69) is 16.3 Å². The van der Waals surface area contributed by atoms with Gasteiger partial charge in [-0.05, 0) is 30.3 Å². The lowest BCUT2D eigenvalue weighted by molar-refractivity contribution is -0.131. The lowest BCUT2D eigenvalue weighted by atomic mass is 10.2. The Balaban J connectivity index is 1.38. The molecule has 2 heterocycles. The summed E-state index contributed by atoms with van der Waals surface area (Å²) in [5, 5.41) is 3.98. The summed E-state index contributed by atoms with van der Waals surface area (Å²) in [7, 11) is 0. The Morgan fingerprint density at radius 2 is 2.00 bits per heavy atom. The van der Waals surface area contributed by atoms with Gasteiger partial charge in [0.25, 0.3) is 0 Å². The van der Waals surface area contributed by atoms with Crippen molar-refractivity contribution < 1.29 is 9.21 Å². The molecule has 0 bridgehead atoms. The second-order valence-corrected chi connectivity index (χ2v) is 6.29. The summed E-state index contributed by atoms with van der Waals surface area (Å²) in [6.45, 7) is 4.50. The molecule has 1 aliphatic rings. The normalized spacial score (nSPS) is 14.9. The van der Waals surface area contributed by atoms with Crippen molar-refractivity contribution >= 4 is 23.2 Å². The summed E-state index contributed by atoms with van der Waals surface area (Å²) in [4.78, 5) is 16.5. The van der Waals surface area contributed by atoms with E-state index in [1.165, 1.54) is 0 Å². The van der Waals surface area contributed by atoms with Gasteiger partial charge < -0.3 is 19.5 Å². The zero-order chi connectivity index (χ0) is 16.8. The van der Waals surface area contributed by atoms with Crippen molar-refractivity contribution in [2.45, 2.75) is 13.0 Å². The minimum Gasteiger partial charge on any atom is -0.468 e. The maximum atomic E-state index is 12.3. The van der Waals surface area contributed by atoms with Gasteiger partial charge in [-0.2, -0.15) is 0 Å². The van der Waals surface area contributed by atoms with Crippen molar-refractivity contribution in [3.05, 3.63) is 53.4 Å². The lowest BCUT2D eigenvalue weighted by Crippen LogP contribution is -2.49. The standard InChI is InChI=1S/C18H22ClN3O2/c19-15-3-1-4-16(13-15)21-8-10-22(11-9-21)18(23)6-7-20-14-17-5-2-12-24-17/h1-5,12-13,20H,6-11,14H2. The van der Waals surface area contributed by atoms with E-state index in [1.54, 1.807) is 6.26 Å². The molecular weight excluding hydrogens is 326 g/mol. The van der Waals surface area contributed by atoms with Gasteiger partial charge in [-0.25, -0.2) is 0 Å². The number of anilines is 1. The molecule has 1 aliphatic heterocycles. The quantitative estimate of drug-likeness (QED) is 0.816. The molecule has 1 amide bonds. The molecule has 1 aromatic heterocycles. The SMILES string of the molecule is O=C(CCNCc1ccco1)N1CCN(c2cccc(Cl)c2)CC1. The van der Waals surface area contributed by atoms with Crippen LogP contribution in [0.5, 0.6) is 0 Å². The third-order valence-electron chi connectivity index (χ3n) is 4.20. The van der Waals surface area contributed by atoms with Crippen LogP contribution in [0.15, 0.2) is 47.1 Å². The fourth-order valence-electron chi connectivity index (χ4n) is 2.87. The molecule has 1 aromatic carbocycles. The third kappa shape index (κ3) is 4.52. The first-order valence-electron chi connectivity index (χ1n) is 8.24. The smallest absolute Gasteiger partial charge is 0.223 e. The number of piperazine rings is 1. The Bertz CT molecular complexity index is 652. The molecule has 6 heteroatoms. The number of furan rings is 1. The fourth-order valence-corrected chi connectivity index (χ4v) is 3.05. The van der Waals surface area contributed by atoms with E-state index in [0.29, 0.717) is 19.5 Å². The zero-order valence-corrected chi connectivity index (χ0v) is 14.3. The highest BCUT2D eigenvalue weighted by molar-refractivity contribution is 6.30. The van der Waals surface area contributed by atoms with Gasteiger partial charge in [0.1, 0.15) is 5.76 Å². The van der Waals surface area contributed by atoms with Crippen LogP contribution in [0, 0.1) is 0 Å². The van der Waals surface area contributed by atoms with Crippen molar-refractivity contribution in [2.24, 2.45) is 0 Å². The van der Waals surface area contributed by atoms with Crippen LogP contribution in [0.2, 0.25) is 5.02 Å². The molecule has 0 aliphatic carbocycles. The van der Waals surface area contributed by atoms with Crippen LogP contribution in [-0.2, 0) is 11.3 Å². The second-order valence-electron chi connectivity index (χ2n) is 5.85. The average Bonchev–Trinajstić information content (AvgIpc) is 3.12. The van der Waals surface area contributed by atoms with Crippen LogP contribution < -0.4 is 10.2 Å². The number of amides is 1. The highest BCUT2D eigenvalue weighted by Gasteiger charge is 2.20. The summed E-state index contributed by atoms with van der Waals surface area (Å²) in [5.74, 6) is 1.09. The van der Waals surface area contributed by atoms with Gasteiger partial charge in [0.15, 0.2) is 0 Å². The maximum Gasteiger partial charge on any atom is 0.223 e. The van der Waals surface area contributed by atoms with Gasteiger partial charge in [-0.15, -0.1) is 0 Å². The number of hydrogen-bond donors (Lipinski definition) is 1. The number of benzene rings is 1. The molecule has 5 nitrogen and oxygen atoms in total. The molecule has 0 saturated carbocycles. The van der Waals surface area contributed by atoms with Crippen molar-refractivity contribution in [1.29, 1.82) is 0 Å². The molecule has 0 atom stereocenters. The first-order chi connectivity index (χ1) is 11.7. The highest BCUT2D eigenvalue weighted by atomic mass is 35.5. The number of nitrogens with one attached hydrogen (secondary N) is 1. The van der Waals surface area contributed by atoms with E-state index < -0.39 is 0 Å². The average molecular weight is 348 g/mol. The van der Waals surface area contributed by atoms with E-state index in [1.807, 2.05) is 35.2 Å². The largest absolute Gasteiger partial charge is 0.468 e. The molecule has 0 spiro atoms. The number of carbonyl (C=O) groups excluding carboxylic acids is 1. The van der Waals surface area contributed by atoms with Gasteiger partial charge in [0, 0.05) is 49.9 Å². The molecule has 2 aromatic rings. The van der Waals surface area contributed by atoms with Gasteiger partial charge in [0.05, 0.1) is 12.8 Å². The fraction of sp³-hybridized carbons (Fsp3) is 0.389. The number of rotatable bonds is 6. The third-order valence-corrected chi connectivity index (χ3v) is 4.44. The molecular formula is C18H22ClN3O2. The summed E-state index contributed by atoms with van der Waals surface area (Å²) >= 11 is 6.05. The molecule has 1 fully saturated rings. The molecule has 1 N–H and O–H groups in total. The van der Waals surface area contributed by atoms with E-state index in [-0.39, 0.29) is 5.91 Å². The van der Waals surface area contributed by atoms with Crippen molar-refractivity contribution in [3.8, 4) is 0 Å². The summed E-state index contributed by atoms with van der Waals surface area (Å²) in [5.41, 5.74) is 1.12. The Morgan fingerprint density at radius 1 is 1.17 bits per heavy atom. The first kappa shape index (κ1) is 16.9. The van der Waals surface area contributed by atoms with Gasteiger partial charge in [0.2, 0.25) is 5.91 Å². The highest BCUT2D eigenvalue weighted by Crippen LogP contribution is 2.20. The van der Waals surface area contributed by atoms with Crippen molar-refractivity contribution in [2.75, 3.05) is 37.6 Å². The first-order valence-corrected chi connectivity index (χ1v) is 8.61. The van der Waals surface area contributed by atoms with Gasteiger partial charge in [-0.1, -0.05) is 17.7 Å². The van der Waals surface area contributed by atoms with Crippen LogP contribution in [0.3, 0.4) is 0 Å². The van der Waals surface area contributed by atoms with Crippen LogP contribution in [-0.4, -0.2) is 43.5 Å². The monoisotopic (exact) mass is 347 g/mol. The molecule has 0 radical (unpaired) electrons.